The largest absolute Gasteiger partial charge is 0.494 e. The molecule has 2 heterocycles. The van der Waals surface area contributed by atoms with E-state index in [0.717, 1.165) is 24.2 Å². The van der Waals surface area contributed by atoms with Gasteiger partial charge in [-0.2, -0.15) is 4.31 Å². The third-order valence-electron chi connectivity index (χ3n) is 4.72. The molecular weight excluding hydrogens is 394 g/mol. The van der Waals surface area contributed by atoms with Gasteiger partial charge >= 0.3 is 0 Å². The molecule has 2 N–H and O–H groups in total. The lowest BCUT2D eigenvalue weighted by Crippen LogP contribution is -2.40. The van der Waals surface area contributed by atoms with Crippen LogP contribution in [0.5, 0.6) is 5.75 Å². The quantitative estimate of drug-likeness (QED) is 0.639. The van der Waals surface area contributed by atoms with Crippen molar-refractivity contribution in [2.24, 2.45) is 0 Å². The molecule has 0 aliphatic carbocycles. The Labute approximate surface area is 171 Å². The lowest BCUT2D eigenvalue weighted by molar-refractivity contribution is 0.0730. The topological polar surface area (TPSA) is 101 Å². The molecule has 3 rings (SSSR count). The third-order valence-corrected chi connectivity index (χ3v) is 6.60. The number of aromatic nitrogens is 1. The zero-order valence-corrected chi connectivity index (χ0v) is 17.5. The first-order valence-electron chi connectivity index (χ1n) is 9.73. The number of aryl methyl sites for hydroxylation is 1. The second-order valence-electron chi connectivity index (χ2n) is 6.90. The number of anilines is 1. The number of nitrogens with zero attached hydrogens (tertiary/aromatic N) is 1. The molecule has 1 aromatic carbocycles. The standard InChI is InChI=1S/C20H27N3O5S/c1-3-4-9-28-16-5-6-18(15(2)12-16)22-20(24)19-13-17(14-21-19)29(25,26)23-7-10-27-11-8-23/h5-6,12-14,21H,3-4,7-11H2,1-2H3,(H,22,24). The average molecular weight is 422 g/mol. The summed E-state index contributed by atoms with van der Waals surface area (Å²) in [5, 5.41) is 2.81. The highest BCUT2D eigenvalue weighted by Gasteiger charge is 2.28. The predicted octanol–water partition coefficient (Wildman–Crippen LogP) is 2.78. The second kappa shape index (κ2) is 9.43. The monoisotopic (exact) mass is 421 g/mol. The van der Waals surface area contributed by atoms with E-state index in [0.29, 0.717) is 38.6 Å². The first-order chi connectivity index (χ1) is 13.9. The molecule has 1 aromatic heterocycles. The van der Waals surface area contributed by atoms with Crippen molar-refractivity contribution in [2.75, 3.05) is 38.2 Å². The number of ether oxygens (including phenoxy) is 2. The van der Waals surface area contributed by atoms with Gasteiger partial charge in [0.2, 0.25) is 10.0 Å². The highest BCUT2D eigenvalue weighted by atomic mass is 32.2. The molecule has 1 fully saturated rings. The maximum Gasteiger partial charge on any atom is 0.272 e. The second-order valence-corrected chi connectivity index (χ2v) is 8.84. The van der Waals surface area contributed by atoms with Crippen molar-refractivity contribution in [3.05, 3.63) is 41.7 Å². The number of morpholine rings is 1. The van der Waals surface area contributed by atoms with Crippen molar-refractivity contribution in [1.82, 2.24) is 9.29 Å². The van der Waals surface area contributed by atoms with Crippen molar-refractivity contribution in [2.45, 2.75) is 31.6 Å². The Morgan fingerprint density at radius 1 is 1.28 bits per heavy atom. The van der Waals surface area contributed by atoms with Gasteiger partial charge in [0.05, 0.1) is 19.8 Å². The first-order valence-corrected chi connectivity index (χ1v) is 11.2. The molecule has 1 aliphatic heterocycles. The Bertz CT molecular complexity index is 949. The molecule has 0 radical (unpaired) electrons. The Morgan fingerprint density at radius 3 is 2.72 bits per heavy atom. The molecule has 0 bridgehead atoms. The number of sulfonamides is 1. The van der Waals surface area contributed by atoms with Crippen molar-refractivity contribution in [3.63, 3.8) is 0 Å². The molecule has 9 heteroatoms. The fourth-order valence-electron chi connectivity index (χ4n) is 2.98. The fourth-order valence-corrected chi connectivity index (χ4v) is 4.38. The summed E-state index contributed by atoms with van der Waals surface area (Å²) in [6.45, 7) is 5.99. The van der Waals surface area contributed by atoms with Crippen LogP contribution >= 0.6 is 0 Å². The molecule has 158 valence electrons. The lowest BCUT2D eigenvalue weighted by atomic mass is 10.2. The minimum Gasteiger partial charge on any atom is -0.494 e. The molecule has 0 atom stereocenters. The maximum absolute atomic E-state index is 12.7. The normalized spacial score (nSPS) is 15.2. The smallest absolute Gasteiger partial charge is 0.272 e. The molecule has 1 saturated heterocycles. The van der Waals surface area contributed by atoms with Crippen molar-refractivity contribution in [1.29, 1.82) is 0 Å². The number of hydrogen-bond donors (Lipinski definition) is 2. The van der Waals surface area contributed by atoms with Crippen LogP contribution in [0.2, 0.25) is 0 Å². The number of unbranched alkanes of at least 4 members (excludes halogenated alkanes) is 1. The van der Waals surface area contributed by atoms with Crippen LogP contribution in [0.3, 0.4) is 0 Å². The third kappa shape index (κ3) is 5.17. The summed E-state index contributed by atoms with van der Waals surface area (Å²) in [7, 11) is -3.65. The SMILES string of the molecule is CCCCOc1ccc(NC(=O)c2cc(S(=O)(=O)N3CCOCC3)c[nH]2)c(C)c1. The summed E-state index contributed by atoms with van der Waals surface area (Å²) >= 11 is 0. The summed E-state index contributed by atoms with van der Waals surface area (Å²) in [6, 6.07) is 6.82. The van der Waals surface area contributed by atoms with Crippen LogP contribution in [0.15, 0.2) is 35.4 Å². The Kier molecular flexibility index (Phi) is 6.94. The van der Waals surface area contributed by atoms with Gasteiger partial charge in [0.1, 0.15) is 16.3 Å². The van der Waals surface area contributed by atoms with Crippen LogP contribution in [0, 0.1) is 6.92 Å². The van der Waals surface area contributed by atoms with Gasteiger partial charge in [-0.25, -0.2) is 8.42 Å². The van der Waals surface area contributed by atoms with E-state index in [1.807, 2.05) is 13.0 Å². The molecule has 29 heavy (non-hydrogen) atoms. The van der Waals surface area contributed by atoms with Crippen LogP contribution in [0.1, 0.15) is 35.8 Å². The predicted molar refractivity (Wildman–Crippen MR) is 110 cm³/mol. The number of carbonyl (C=O) groups is 1. The summed E-state index contributed by atoms with van der Waals surface area (Å²) in [5.41, 5.74) is 1.68. The molecule has 1 amide bonds. The molecule has 8 nitrogen and oxygen atoms in total. The maximum atomic E-state index is 12.7. The number of benzene rings is 1. The number of carbonyl (C=O) groups excluding carboxylic acids is 1. The zero-order valence-electron chi connectivity index (χ0n) is 16.7. The van der Waals surface area contributed by atoms with Crippen LogP contribution in [-0.2, 0) is 14.8 Å². The van der Waals surface area contributed by atoms with Crippen LogP contribution in [-0.4, -0.2) is 56.5 Å². The number of H-pyrrole nitrogens is 1. The summed E-state index contributed by atoms with van der Waals surface area (Å²) < 4.78 is 37.6. The number of nitrogens with one attached hydrogen (secondary N) is 2. The number of hydrogen-bond acceptors (Lipinski definition) is 5. The van der Waals surface area contributed by atoms with Crippen LogP contribution in [0.4, 0.5) is 5.69 Å². The summed E-state index contributed by atoms with van der Waals surface area (Å²) in [4.78, 5) is 15.4. The van der Waals surface area contributed by atoms with Crippen molar-refractivity contribution in [3.8, 4) is 5.75 Å². The van der Waals surface area contributed by atoms with E-state index in [4.69, 9.17) is 9.47 Å². The lowest BCUT2D eigenvalue weighted by Gasteiger charge is -2.25. The fraction of sp³-hybridized carbons (Fsp3) is 0.450. The van der Waals surface area contributed by atoms with E-state index in [9.17, 15) is 13.2 Å². The van der Waals surface area contributed by atoms with Gasteiger partial charge in [-0.3, -0.25) is 4.79 Å². The van der Waals surface area contributed by atoms with E-state index in [2.05, 4.69) is 17.2 Å². The van der Waals surface area contributed by atoms with Crippen LogP contribution < -0.4 is 10.1 Å². The van der Waals surface area contributed by atoms with Crippen LogP contribution in [0.25, 0.3) is 0 Å². The van der Waals surface area contributed by atoms with Crippen molar-refractivity contribution >= 4 is 21.6 Å². The average Bonchev–Trinajstić information content (AvgIpc) is 3.22. The van der Waals surface area contributed by atoms with E-state index < -0.39 is 15.9 Å². The molecular formula is C20H27N3O5S. The molecule has 0 unspecified atom stereocenters. The van der Waals surface area contributed by atoms with Gasteiger partial charge < -0.3 is 19.8 Å². The number of amides is 1. The Hall–Kier alpha value is -2.36. The molecule has 2 aromatic rings. The van der Waals surface area contributed by atoms with Crippen molar-refractivity contribution < 1.29 is 22.7 Å². The molecule has 0 saturated carbocycles. The Morgan fingerprint density at radius 2 is 2.03 bits per heavy atom. The minimum atomic E-state index is -3.65. The van der Waals surface area contributed by atoms with E-state index >= 15 is 0 Å². The first kappa shape index (κ1) is 21.4. The number of aromatic amines is 1. The van der Waals surface area contributed by atoms with E-state index in [1.54, 1.807) is 12.1 Å². The Balaban J connectivity index is 1.67. The highest BCUT2D eigenvalue weighted by Crippen LogP contribution is 2.23. The van der Waals surface area contributed by atoms with E-state index in [1.165, 1.54) is 16.6 Å². The molecule has 1 aliphatic rings. The summed E-state index contributed by atoms with van der Waals surface area (Å²) in [5.74, 6) is 0.351. The zero-order chi connectivity index (χ0) is 20.9. The highest BCUT2D eigenvalue weighted by molar-refractivity contribution is 7.89. The minimum absolute atomic E-state index is 0.0703. The van der Waals surface area contributed by atoms with E-state index in [-0.39, 0.29) is 10.6 Å². The van der Waals surface area contributed by atoms with Gasteiger partial charge in [-0.1, -0.05) is 13.3 Å². The van der Waals surface area contributed by atoms with Gasteiger partial charge in [0.25, 0.3) is 5.91 Å². The molecule has 0 spiro atoms. The number of rotatable bonds is 8. The summed E-state index contributed by atoms with van der Waals surface area (Å²) in [6.07, 6.45) is 3.39. The van der Waals surface area contributed by atoms with Gasteiger partial charge in [0, 0.05) is 25.0 Å². The van der Waals surface area contributed by atoms with Gasteiger partial charge in [0.15, 0.2) is 0 Å². The van der Waals surface area contributed by atoms with Gasteiger partial charge in [-0.15, -0.1) is 0 Å². The van der Waals surface area contributed by atoms with Gasteiger partial charge in [-0.05, 0) is 43.2 Å².